The van der Waals surface area contributed by atoms with Crippen LogP contribution in [0.25, 0.3) is 5.57 Å². The van der Waals surface area contributed by atoms with E-state index in [4.69, 9.17) is 4.74 Å². The molecule has 0 bridgehead atoms. The number of ether oxygens (including phenoxy) is 1. The molecule has 1 nitrogen and oxygen atoms in total. The molecular weight excluding hydrogens is 172 g/mol. The molecule has 0 aliphatic carbocycles. The first-order valence-corrected chi connectivity index (χ1v) is 5.05. The number of rotatable bonds is 0. The Hall–Kier alpha value is -1.24. The lowest BCUT2D eigenvalue weighted by molar-refractivity contribution is 0.252. The maximum atomic E-state index is 5.84. The fraction of sp³-hybridized carbons (Fsp3) is 0.385. The van der Waals surface area contributed by atoms with E-state index in [1.807, 2.05) is 0 Å². The number of benzene rings is 1. The maximum Gasteiger partial charge on any atom is 0.127 e. The van der Waals surface area contributed by atoms with E-state index in [1.54, 1.807) is 0 Å². The second-order valence-corrected chi connectivity index (χ2v) is 4.02. The van der Waals surface area contributed by atoms with Gasteiger partial charge in [-0.25, -0.2) is 0 Å². The van der Waals surface area contributed by atoms with Gasteiger partial charge in [0.15, 0.2) is 0 Å². The van der Waals surface area contributed by atoms with Crippen molar-refractivity contribution < 1.29 is 4.74 Å². The highest BCUT2D eigenvalue weighted by molar-refractivity contribution is 5.76. The van der Waals surface area contributed by atoms with Crippen LogP contribution in [0.4, 0.5) is 0 Å². The lowest BCUT2D eigenvalue weighted by Gasteiger charge is -2.27. The first-order chi connectivity index (χ1) is 6.61. The Labute approximate surface area is 85.4 Å². The Morgan fingerprint density at radius 3 is 2.57 bits per heavy atom. The molecule has 0 radical (unpaired) electrons. The normalized spacial score (nSPS) is 20.4. The quantitative estimate of drug-likeness (QED) is 0.604. The first-order valence-electron chi connectivity index (χ1n) is 5.05. The summed E-state index contributed by atoms with van der Waals surface area (Å²) in [6, 6.07) is 6.23. The summed E-state index contributed by atoms with van der Waals surface area (Å²) in [7, 11) is 0. The van der Waals surface area contributed by atoms with E-state index in [0.29, 0.717) is 0 Å². The SMILES string of the molecule is CC1=C(C)C(C)Oc2cccc(C)c21. The van der Waals surface area contributed by atoms with Crippen LogP contribution in [0.3, 0.4) is 0 Å². The summed E-state index contributed by atoms with van der Waals surface area (Å²) in [4.78, 5) is 0. The van der Waals surface area contributed by atoms with Crippen molar-refractivity contribution in [3.05, 3.63) is 34.9 Å². The molecule has 1 aliphatic rings. The second-order valence-electron chi connectivity index (χ2n) is 4.02. The van der Waals surface area contributed by atoms with Crippen molar-refractivity contribution in [1.82, 2.24) is 0 Å². The summed E-state index contributed by atoms with van der Waals surface area (Å²) in [6.07, 6.45) is 0.212. The largest absolute Gasteiger partial charge is 0.486 e. The molecule has 0 fully saturated rings. The highest BCUT2D eigenvalue weighted by Crippen LogP contribution is 2.37. The topological polar surface area (TPSA) is 9.23 Å². The van der Waals surface area contributed by atoms with Crippen LogP contribution in [0.15, 0.2) is 23.8 Å². The predicted octanol–water partition coefficient (Wildman–Crippen LogP) is 3.57. The summed E-state index contributed by atoms with van der Waals surface area (Å²) in [5, 5.41) is 0. The van der Waals surface area contributed by atoms with Crippen LogP contribution in [0, 0.1) is 6.92 Å². The minimum Gasteiger partial charge on any atom is -0.486 e. The van der Waals surface area contributed by atoms with Gasteiger partial charge in [-0.05, 0) is 50.5 Å². The van der Waals surface area contributed by atoms with Crippen LogP contribution < -0.4 is 4.74 Å². The smallest absolute Gasteiger partial charge is 0.127 e. The molecule has 0 spiro atoms. The van der Waals surface area contributed by atoms with Gasteiger partial charge in [0.05, 0.1) is 0 Å². The molecule has 0 saturated carbocycles. The van der Waals surface area contributed by atoms with Gasteiger partial charge in [0.2, 0.25) is 0 Å². The Morgan fingerprint density at radius 1 is 1.14 bits per heavy atom. The molecule has 0 amide bonds. The predicted molar refractivity (Wildman–Crippen MR) is 59.5 cm³/mol. The Balaban J connectivity index is 2.67. The number of aryl methyl sites for hydroxylation is 1. The fourth-order valence-electron chi connectivity index (χ4n) is 2.00. The zero-order valence-electron chi connectivity index (χ0n) is 9.22. The molecule has 0 saturated heterocycles. The van der Waals surface area contributed by atoms with Gasteiger partial charge >= 0.3 is 0 Å². The molecule has 1 aromatic rings. The summed E-state index contributed by atoms with van der Waals surface area (Å²) in [5.41, 5.74) is 5.29. The number of allylic oxidation sites excluding steroid dienone is 1. The molecule has 2 rings (SSSR count). The first kappa shape index (κ1) is 9.32. The summed E-state index contributed by atoms with van der Waals surface area (Å²) in [6.45, 7) is 8.56. The van der Waals surface area contributed by atoms with E-state index in [2.05, 4.69) is 45.9 Å². The molecular formula is C13H16O. The van der Waals surface area contributed by atoms with Crippen LogP contribution in [0.2, 0.25) is 0 Å². The average Bonchev–Trinajstić information content (AvgIpc) is 2.14. The van der Waals surface area contributed by atoms with E-state index >= 15 is 0 Å². The Bertz CT molecular complexity index is 402. The minimum atomic E-state index is 0.212. The lowest BCUT2D eigenvalue weighted by atomic mass is 9.92. The standard InChI is InChI=1S/C13H16O/c1-8-6-5-7-12-13(8)10(3)9(2)11(4)14-12/h5-7,11H,1-4H3. The van der Waals surface area contributed by atoms with Crippen LogP contribution in [0.1, 0.15) is 31.9 Å². The van der Waals surface area contributed by atoms with E-state index in [-0.39, 0.29) is 6.10 Å². The summed E-state index contributed by atoms with van der Waals surface area (Å²) >= 11 is 0. The van der Waals surface area contributed by atoms with Crippen molar-refractivity contribution in [2.45, 2.75) is 33.8 Å². The van der Waals surface area contributed by atoms with Crippen molar-refractivity contribution in [2.24, 2.45) is 0 Å². The highest BCUT2D eigenvalue weighted by Gasteiger charge is 2.21. The van der Waals surface area contributed by atoms with E-state index in [0.717, 1.165) is 5.75 Å². The molecule has 14 heavy (non-hydrogen) atoms. The molecule has 1 aliphatic heterocycles. The fourth-order valence-corrected chi connectivity index (χ4v) is 2.00. The maximum absolute atomic E-state index is 5.84. The van der Waals surface area contributed by atoms with Gasteiger partial charge in [-0.2, -0.15) is 0 Å². The molecule has 1 unspecified atom stereocenters. The van der Waals surface area contributed by atoms with Crippen molar-refractivity contribution in [3.63, 3.8) is 0 Å². The number of hydrogen-bond donors (Lipinski definition) is 0. The third kappa shape index (κ3) is 1.24. The molecule has 1 aromatic carbocycles. The van der Waals surface area contributed by atoms with Gasteiger partial charge in [-0.3, -0.25) is 0 Å². The average molecular weight is 188 g/mol. The van der Waals surface area contributed by atoms with Crippen molar-refractivity contribution in [2.75, 3.05) is 0 Å². The highest BCUT2D eigenvalue weighted by atomic mass is 16.5. The van der Waals surface area contributed by atoms with Gasteiger partial charge in [0.1, 0.15) is 11.9 Å². The molecule has 1 heteroatoms. The molecule has 1 heterocycles. The molecule has 1 atom stereocenters. The monoisotopic (exact) mass is 188 g/mol. The van der Waals surface area contributed by atoms with Crippen molar-refractivity contribution >= 4 is 5.57 Å². The zero-order valence-corrected chi connectivity index (χ0v) is 9.22. The van der Waals surface area contributed by atoms with E-state index in [1.165, 1.54) is 22.3 Å². The summed E-state index contributed by atoms with van der Waals surface area (Å²) in [5.74, 6) is 1.03. The van der Waals surface area contributed by atoms with E-state index in [9.17, 15) is 0 Å². The van der Waals surface area contributed by atoms with Crippen LogP contribution in [-0.2, 0) is 0 Å². The second kappa shape index (κ2) is 3.16. The molecule has 74 valence electrons. The zero-order chi connectivity index (χ0) is 10.3. The molecule has 0 N–H and O–H groups in total. The third-order valence-electron chi connectivity index (χ3n) is 3.11. The van der Waals surface area contributed by atoms with Gasteiger partial charge < -0.3 is 4.74 Å². The third-order valence-corrected chi connectivity index (χ3v) is 3.11. The van der Waals surface area contributed by atoms with Crippen molar-refractivity contribution in [1.29, 1.82) is 0 Å². The minimum absolute atomic E-state index is 0.212. The van der Waals surface area contributed by atoms with Gasteiger partial charge in [-0.1, -0.05) is 12.1 Å². The van der Waals surface area contributed by atoms with Gasteiger partial charge in [0, 0.05) is 5.56 Å². The van der Waals surface area contributed by atoms with Gasteiger partial charge in [0.25, 0.3) is 0 Å². The Kier molecular flexibility index (Phi) is 2.10. The van der Waals surface area contributed by atoms with Crippen LogP contribution in [0.5, 0.6) is 5.75 Å². The van der Waals surface area contributed by atoms with E-state index < -0.39 is 0 Å². The van der Waals surface area contributed by atoms with Crippen LogP contribution >= 0.6 is 0 Å². The summed E-state index contributed by atoms with van der Waals surface area (Å²) < 4.78 is 5.84. The van der Waals surface area contributed by atoms with Gasteiger partial charge in [-0.15, -0.1) is 0 Å². The Morgan fingerprint density at radius 2 is 1.86 bits per heavy atom. The molecule has 0 aromatic heterocycles. The number of hydrogen-bond acceptors (Lipinski definition) is 1. The van der Waals surface area contributed by atoms with Crippen LogP contribution in [-0.4, -0.2) is 6.10 Å². The lowest BCUT2D eigenvalue weighted by Crippen LogP contribution is -2.19. The number of fused-ring (bicyclic) bond motifs is 1. The van der Waals surface area contributed by atoms with Crippen molar-refractivity contribution in [3.8, 4) is 5.75 Å².